The molecule has 0 spiro atoms. The molecule has 0 atom stereocenters. The fourth-order valence-electron chi connectivity index (χ4n) is 4.88. The molecule has 4 rings (SSSR count). The Labute approximate surface area is 229 Å². The molecular formula is C29H30F4N2O5. The summed E-state index contributed by atoms with van der Waals surface area (Å²) in [6, 6.07) is 3.68. The molecule has 0 unspecified atom stereocenters. The first-order valence-corrected chi connectivity index (χ1v) is 12.9. The maximum atomic E-state index is 15.5. The van der Waals surface area contributed by atoms with Crippen LogP contribution in [0.2, 0.25) is 0 Å². The van der Waals surface area contributed by atoms with Crippen LogP contribution < -0.4 is 9.64 Å². The minimum absolute atomic E-state index is 0.0466. The van der Waals surface area contributed by atoms with Crippen LogP contribution in [0.5, 0.6) is 11.6 Å². The largest absolute Gasteiger partial charge is 0.472 e. The van der Waals surface area contributed by atoms with Crippen molar-refractivity contribution in [1.82, 2.24) is 4.98 Å². The van der Waals surface area contributed by atoms with Crippen molar-refractivity contribution in [2.75, 3.05) is 12.0 Å². The number of halogens is 4. The van der Waals surface area contributed by atoms with E-state index < -0.39 is 41.2 Å². The maximum absolute atomic E-state index is 15.5. The zero-order valence-corrected chi connectivity index (χ0v) is 22.5. The van der Waals surface area contributed by atoms with Gasteiger partial charge in [-0.05, 0) is 57.6 Å². The summed E-state index contributed by atoms with van der Waals surface area (Å²) in [5.41, 5.74) is -1.05. The highest BCUT2D eigenvalue weighted by molar-refractivity contribution is 6.04. The Balaban J connectivity index is 1.75. The second-order valence-electron chi connectivity index (χ2n) is 10.2. The van der Waals surface area contributed by atoms with Gasteiger partial charge in [0.25, 0.3) is 0 Å². The molecule has 7 nitrogen and oxygen atoms in total. The summed E-state index contributed by atoms with van der Waals surface area (Å²) < 4.78 is 72.4. The van der Waals surface area contributed by atoms with Crippen LogP contribution in [0.4, 0.5) is 23.2 Å². The monoisotopic (exact) mass is 562 g/mol. The van der Waals surface area contributed by atoms with Gasteiger partial charge >= 0.3 is 12.1 Å². The van der Waals surface area contributed by atoms with Crippen molar-refractivity contribution in [1.29, 1.82) is 0 Å². The molecule has 2 aromatic heterocycles. The summed E-state index contributed by atoms with van der Waals surface area (Å²) in [5.74, 6) is -3.62. The van der Waals surface area contributed by atoms with Crippen molar-refractivity contribution in [3.63, 3.8) is 0 Å². The van der Waals surface area contributed by atoms with Gasteiger partial charge in [0.15, 0.2) is 11.6 Å². The lowest BCUT2D eigenvalue weighted by molar-refractivity contribution is -0.138. The lowest BCUT2D eigenvalue weighted by Crippen LogP contribution is -2.43. The van der Waals surface area contributed by atoms with E-state index in [4.69, 9.17) is 13.9 Å². The number of ether oxygens (including phenoxy) is 2. The third kappa shape index (κ3) is 6.13. The predicted molar refractivity (Wildman–Crippen MR) is 138 cm³/mol. The van der Waals surface area contributed by atoms with Crippen LogP contribution in [0.15, 0.2) is 47.4 Å². The number of furan rings is 1. The number of carbonyl (C=O) groups excluding carboxylic acids is 2. The van der Waals surface area contributed by atoms with Crippen LogP contribution in [0.3, 0.4) is 0 Å². The Morgan fingerprint density at radius 1 is 1.10 bits per heavy atom. The first-order valence-electron chi connectivity index (χ1n) is 12.9. The highest BCUT2D eigenvalue weighted by Gasteiger charge is 2.37. The van der Waals surface area contributed by atoms with E-state index in [-0.39, 0.29) is 28.6 Å². The summed E-state index contributed by atoms with van der Waals surface area (Å²) in [4.78, 5) is 31.5. The number of aromatic nitrogens is 1. The predicted octanol–water partition coefficient (Wildman–Crippen LogP) is 7.65. The number of anilines is 1. The molecule has 214 valence electrons. The molecule has 0 saturated heterocycles. The number of benzene rings is 1. The molecule has 0 bridgehead atoms. The molecule has 1 saturated carbocycles. The van der Waals surface area contributed by atoms with Gasteiger partial charge in [0.1, 0.15) is 5.56 Å². The van der Waals surface area contributed by atoms with Gasteiger partial charge in [0.2, 0.25) is 11.8 Å². The van der Waals surface area contributed by atoms with Crippen LogP contribution in [0, 0.1) is 17.7 Å². The molecule has 0 N–H and O–H groups in total. The molecule has 2 heterocycles. The molecule has 1 aliphatic carbocycles. The standard InChI is InChI=1S/C29H30F4N2O5/c1-16(2)35(27(36)18-7-5-17(3)6-8-18)24-13-23(30)25(12-21(24)28(37)38-4)40-26-22(29(31,32)33)11-20(14-34-26)19-9-10-39-15-19/h9-18H,5-8H2,1-4H3/t17-,18-. The van der Waals surface area contributed by atoms with Crippen molar-refractivity contribution < 1.29 is 41.0 Å². The zero-order chi connectivity index (χ0) is 29.2. The van der Waals surface area contributed by atoms with E-state index in [2.05, 4.69) is 11.9 Å². The molecule has 11 heteroatoms. The molecular weight excluding hydrogens is 532 g/mol. The van der Waals surface area contributed by atoms with Gasteiger partial charge in [-0.25, -0.2) is 14.2 Å². The molecule has 0 radical (unpaired) electrons. The minimum atomic E-state index is -4.89. The number of hydrogen-bond acceptors (Lipinski definition) is 6. The molecule has 0 aliphatic heterocycles. The van der Waals surface area contributed by atoms with Gasteiger partial charge < -0.3 is 18.8 Å². The highest BCUT2D eigenvalue weighted by atomic mass is 19.4. The van der Waals surface area contributed by atoms with Gasteiger partial charge in [0, 0.05) is 41.4 Å². The molecule has 1 amide bonds. The highest BCUT2D eigenvalue weighted by Crippen LogP contribution is 2.41. The summed E-state index contributed by atoms with van der Waals surface area (Å²) in [7, 11) is 1.11. The second kappa shape index (κ2) is 11.7. The van der Waals surface area contributed by atoms with E-state index in [1.165, 1.54) is 23.5 Å². The average molecular weight is 563 g/mol. The van der Waals surface area contributed by atoms with Gasteiger partial charge in [-0.3, -0.25) is 4.79 Å². The van der Waals surface area contributed by atoms with E-state index in [9.17, 15) is 22.8 Å². The van der Waals surface area contributed by atoms with Crippen LogP contribution >= 0.6 is 0 Å². The maximum Gasteiger partial charge on any atom is 0.421 e. The molecule has 1 aliphatic rings. The number of esters is 1. The molecule has 1 fully saturated rings. The zero-order valence-electron chi connectivity index (χ0n) is 22.5. The van der Waals surface area contributed by atoms with Gasteiger partial charge in [-0.2, -0.15) is 13.2 Å². The number of carbonyl (C=O) groups is 2. The molecule has 1 aromatic carbocycles. The van der Waals surface area contributed by atoms with Crippen molar-refractivity contribution in [2.45, 2.75) is 58.7 Å². The van der Waals surface area contributed by atoms with Crippen LogP contribution in [0.1, 0.15) is 62.4 Å². The minimum Gasteiger partial charge on any atom is -0.472 e. The number of methoxy groups -OCH3 is 1. The number of nitrogens with zero attached hydrogens (tertiary/aromatic N) is 2. The first kappa shape index (κ1) is 29.1. The van der Waals surface area contributed by atoms with Gasteiger partial charge in [-0.15, -0.1) is 0 Å². The van der Waals surface area contributed by atoms with Crippen molar-refractivity contribution in [2.24, 2.45) is 11.8 Å². The normalized spacial score (nSPS) is 17.5. The van der Waals surface area contributed by atoms with E-state index in [1.807, 2.05) is 0 Å². The summed E-state index contributed by atoms with van der Waals surface area (Å²) in [6.07, 6.45) is 1.90. The van der Waals surface area contributed by atoms with Crippen molar-refractivity contribution in [3.05, 3.63) is 59.9 Å². The van der Waals surface area contributed by atoms with E-state index in [0.717, 1.165) is 44.3 Å². The number of amides is 1. The average Bonchev–Trinajstić information content (AvgIpc) is 3.44. The van der Waals surface area contributed by atoms with E-state index >= 15 is 4.39 Å². The third-order valence-corrected chi connectivity index (χ3v) is 7.05. The lowest BCUT2D eigenvalue weighted by Gasteiger charge is -2.34. The van der Waals surface area contributed by atoms with Gasteiger partial charge in [0.05, 0.1) is 30.9 Å². The topological polar surface area (TPSA) is 81.9 Å². The first-order chi connectivity index (χ1) is 18.9. The van der Waals surface area contributed by atoms with E-state index in [0.29, 0.717) is 24.3 Å². The Bertz CT molecular complexity index is 1360. The van der Waals surface area contributed by atoms with Crippen LogP contribution in [-0.2, 0) is 15.7 Å². The second-order valence-corrected chi connectivity index (χ2v) is 10.2. The fraction of sp³-hybridized carbons (Fsp3) is 0.414. The SMILES string of the molecule is COC(=O)c1cc(Oc2ncc(-c3ccoc3)cc2C(F)(F)F)c(F)cc1N(C(=O)[C@H]1CC[C@H](C)CC1)C(C)C. The number of hydrogen-bond donors (Lipinski definition) is 0. The van der Waals surface area contributed by atoms with Crippen molar-refractivity contribution >= 4 is 17.6 Å². The Hall–Kier alpha value is -3.89. The lowest BCUT2D eigenvalue weighted by atomic mass is 9.82. The Morgan fingerprint density at radius 3 is 2.38 bits per heavy atom. The molecule has 3 aromatic rings. The van der Waals surface area contributed by atoms with Crippen LogP contribution in [0.25, 0.3) is 11.1 Å². The Kier molecular flexibility index (Phi) is 8.51. The fourth-order valence-corrected chi connectivity index (χ4v) is 4.88. The smallest absolute Gasteiger partial charge is 0.421 e. The van der Waals surface area contributed by atoms with Gasteiger partial charge in [-0.1, -0.05) is 6.92 Å². The van der Waals surface area contributed by atoms with Crippen LogP contribution in [-0.4, -0.2) is 30.0 Å². The summed E-state index contributed by atoms with van der Waals surface area (Å²) >= 11 is 0. The van der Waals surface area contributed by atoms with E-state index in [1.54, 1.807) is 13.8 Å². The summed E-state index contributed by atoms with van der Waals surface area (Å²) in [5, 5.41) is 0. The molecule has 40 heavy (non-hydrogen) atoms. The Morgan fingerprint density at radius 2 is 1.80 bits per heavy atom. The third-order valence-electron chi connectivity index (χ3n) is 7.05. The quantitative estimate of drug-likeness (QED) is 0.217. The number of pyridine rings is 1. The summed E-state index contributed by atoms with van der Waals surface area (Å²) in [6.45, 7) is 5.58. The number of alkyl halides is 3. The van der Waals surface area contributed by atoms with Crippen molar-refractivity contribution in [3.8, 4) is 22.8 Å². The number of rotatable bonds is 7.